The van der Waals surface area contributed by atoms with Crippen LogP contribution in [0, 0.1) is 17.8 Å². The fraction of sp³-hybridized carbons (Fsp3) is 0.468. The van der Waals surface area contributed by atoms with Gasteiger partial charge in [0.25, 0.3) is 0 Å². The number of aliphatic hydroxyl groups excluding tert-OH is 2. The molecular weight excluding hydrogens is 785 g/mol. The molecule has 2 aliphatic carbocycles. The van der Waals surface area contributed by atoms with Crippen molar-refractivity contribution in [2.75, 3.05) is 47.4 Å². The average molecular weight is 841 g/mol. The van der Waals surface area contributed by atoms with Crippen LogP contribution in [0.3, 0.4) is 0 Å². The summed E-state index contributed by atoms with van der Waals surface area (Å²) in [5.74, 6) is 0.915. The van der Waals surface area contributed by atoms with E-state index >= 15 is 0 Å². The van der Waals surface area contributed by atoms with Crippen LogP contribution in [0.1, 0.15) is 79.3 Å². The van der Waals surface area contributed by atoms with Crippen molar-refractivity contribution in [3.63, 3.8) is 0 Å². The number of unbranched alkanes of at least 4 members (excludes halogenated alkanes) is 2. The van der Waals surface area contributed by atoms with E-state index in [9.17, 15) is 19.8 Å². The Bertz CT molecular complexity index is 2100. The molecule has 14 heteroatoms. The third-order valence-corrected chi connectivity index (χ3v) is 12.1. The molecule has 0 saturated heterocycles. The molecule has 0 aromatic heterocycles. The fourth-order valence-corrected chi connectivity index (χ4v) is 9.51. The molecule has 2 N–H and O–H groups in total. The van der Waals surface area contributed by atoms with E-state index < -0.39 is 23.8 Å². The van der Waals surface area contributed by atoms with Gasteiger partial charge in [0.05, 0.1) is 38.0 Å². The van der Waals surface area contributed by atoms with E-state index in [1.165, 1.54) is 14.2 Å². The number of allylic oxidation sites excluding steroid dienone is 1. The van der Waals surface area contributed by atoms with Gasteiger partial charge in [-0.1, -0.05) is 36.2 Å². The molecule has 3 aromatic rings. The van der Waals surface area contributed by atoms with Crippen molar-refractivity contribution in [1.29, 1.82) is 0 Å². The van der Waals surface area contributed by atoms with Gasteiger partial charge >= 0.3 is 6.09 Å². The second kappa shape index (κ2) is 19.9. The van der Waals surface area contributed by atoms with Crippen LogP contribution in [-0.4, -0.2) is 92.5 Å². The molecule has 1 saturated carbocycles. The van der Waals surface area contributed by atoms with E-state index in [1.54, 1.807) is 29.2 Å². The Labute approximate surface area is 356 Å². The first kappa shape index (κ1) is 43.5. The molecule has 2 aliphatic heterocycles. The summed E-state index contributed by atoms with van der Waals surface area (Å²) < 4.78 is 43.0. The van der Waals surface area contributed by atoms with E-state index in [0.717, 1.165) is 48.7 Å². The highest BCUT2D eigenvalue weighted by atomic mass is 16.7. The van der Waals surface area contributed by atoms with Crippen molar-refractivity contribution in [2.45, 2.75) is 76.2 Å². The number of hydrogen-bond acceptors (Lipinski definition) is 13. The van der Waals surface area contributed by atoms with Crippen LogP contribution >= 0.6 is 0 Å². The molecule has 2 heterocycles. The number of oxime groups is 1. The lowest BCUT2D eigenvalue weighted by molar-refractivity contribution is -0.256. The van der Waals surface area contributed by atoms with E-state index in [1.807, 2.05) is 43.3 Å². The number of amides is 1. The minimum Gasteiger partial charge on any atom is -0.496 e. The van der Waals surface area contributed by atoms with Gasteiger partial charge in [0.1, 0.15) is 35.6 Å². The summed E-state index contributed by atoms with van der Waals surface area (Å²) in [6.07, 6.45) is 8.71. The number of aliphatic hydroxyl groups is 2. The minimum absolute atomic E-state index is 0.00113. The summed E-state index contributed by atoms with van der Waals surface area (Å²) in [6.45, 7) is 6.68. The van der Waals surface area contributed by atoms with E-state index in [0.29, 0.717) is 65.2 Å². The summed E-state index contributed by atoms with van der Waals surface area (Å²) in [5.41, 5.74) is 3.58. The highest BCUT2D eigenvalue weighted by molar-refractivity contribution is 6.03. The quantitative estimate of drug-likeness (QED) is 0.0489. The number of ether oxygens (including phenoxy) is 7. The van der Waals surface area contributed by atoms with Crippen LogP contribution in [0.5, 0.6) is 34.5 Å². The van der Waals surface area contributed by atoms with E-state index in [4.69, 9.17) is 43.2 Å². The van der Waals surface area contributed by atoms with Gasteiger partial charge in [-0.3, -0.25) is 9.69 Å². The Morgan fingerprint density at radius 1 is 0.967 bits per heavy atom. The second-order valence-corrected chi connectivity index (χ2v) is 15.6. The van der Waals surface area contributed by atoms with Crippen LogP contribution in [-0.2, 0) is 20.9 Å². The van der Waals surface area contributed by atoms with Crippen molar-refractivity contribution in [2.24, 2.45) is 22.9 Å². The number of carbonyl (C=O) groups excluding carboxylic acids is 2. The average Bonchev–Trinajstić information content (AvgIpc) is 3.76. The van der Waals surface area contributed by atoms with Gasteiger partial charge in [-0.25, -0.2) is 4.79 Å². The van der Waals surface area contributed by atoms with Crippen LogP contribution in [0.2, 0.25) is 0 Å². The van der Waals surface area contributed by atoms with Gasteiger partial charge in [0.15, 0.2) is 17.8 Å². The molecule has 4 aliphatic rings. The molecule has 0 spiro atoms. The first-order valence-corrected chi connectivity index (χ1v) is 21.1. The predicted molar refractivity (Wildman–Crippen MR) is 226 cm³/mol. The number of methoxy groups -OCH3 is 2. The summed E-state index contributed by atoms with van der Waals surface area (Å²) in [7, 11) is 2.86. The van der Waals surface area contributed by atoms with Crippen molar-refractivity contribution >= 4 is 18.1 Å². The SMILES string of the molecule is C=CCO[C@@]12Oc3ccc(Oc4ccc(OC)c(C=O)c4)cc3[C@H]3[C@H](CCCCO)[C@@H](CCCCO)C=C(C(=NOCC)C[C@@H]1N(Cc1ccc4c(c1)OCO4)C(=O)OC)[C@H]32. The standard InChI is InChI=1S/C47H56N2O12/c1-5-21-58-47-43(49(46(53)55-4)27-30-13-16-41-42(22-30)57-29-56-41)26-38(48-59-6-2)36-24-31(11-7-9-19-50)35(12-8-10-20-51)44(45(36)47)37-25-34(15-18-40(37)61-47)60-33-14-17-39(54-3)32(23-33)28-52/h5,13-18,22-25,28,31,35,43-45,50-51H,1,6-12,19-21,26-27,29H2,2-4H3/t31-,35+,43-,44+,45+,47+/m0/s1. The van der Waals surface area contributed by atoms with Crippen molar-refractivity contribution in [1.82, 2.24) is 4.90 Å². The lowest BCUT2D eigenvalue weighted by Gasteiger charge is -2.59. The van der Waals surface area contributed by atoms with Crippen LogP contribution < -0.4 is 23.7 Å². The fourth-order valence-electron chi connectivity index (χ4n) is 9.51. The zero-order valence-electron chi connectivity index (χ0n) is 35.1. The minimum atomic E-state index is -1.49. The highest BCUT2D eigenvalue weighted by Gasteiger charge is 2.65. The Morgan fingerprint density at radius 3 is 2.46 bits per heavy atom. The molecule has 0 bridgehead atoms. The van der Waals surface area contributed by atoms with Gasteiger partial charge in [-0.2, -0.15) is 0 Å². The first-order chi connectivity index (χ1) is 29.8. The lowest BCUT2D eigenvalue weighted by Crippen LogP contribution is -2.70. The summed E-state index contributed by atoms with van der Waals surface area (Å²) >= 11 is 0. The number of aldehydes is 1. The van der Waals surface area contributed by atoms with Gasteiger partial charge in [0, 0.05) is 37.7 Å². The molecular formula is C47H56N2O12. The number of nitrogens with zero attached hydrogens (tertiary/aromatic N) is 2. The summed E-state index contributed by atoms with van der Waals surface area (Å²) in [6, 6.07) is 15.5. The number of rotatable bonds is 20. The first-order valence-electron chi connectivity index (χ1n) is 21.1. The van der Waals surface area contributed by atoms with Gasteiger partial charge in [0.2, 0.25) is 12.6 Å². The maximum absolute atomic E-state index is 14.2. The molecule has 0 unspecified atom stereocenters. The normalized spacial score (nSPS) is 23.8. The molecule has 14 nitrogen and oxygen atoms in total. The van der Waals surface area contributed by atoms with Crippen molar-refractivity contribution in [3.8, 4) is 34.5 Å². The van der Waals surface area contributed by atoms with E-state index in [2.05, 4.69) is 12.7 Å². The third-order valence-electron chi connectivity index (χ3n) is 12.1. The summed E-state index contributed by atoms with van der Waals surface area (Å²) in [5, 5.41) is 24.6. The molecule has 61 heavy (non-hydrogen) atoms. The Hall–Kier alpha value is -5.57. The maximum atomic E-state index is 14.2. The molecule has 7 rings (SSSR count). The zero-order chi connectivity index (χ0) is 42.9. The Kier molecular flexibility index (Phi) is 14.2. The molecule has 1 fully saturated rings. The molecule has 3 aromatic carbocycles. The molecule has 1 amide bonds. The Balaban J connectivity index is 1.43. The number of carbonyl (C=O) groups is 2. The second-order valence-electron chi connectivity index (χ2n) is 15.6. The third kappa shape index (κ3) is 8.93. The monoisotopic (exact) mass is 840 g/mol. The summed E-state index contributed by atoms with van der Waals surface area (Å²) in [4.78, 5) is 33.6. The lowest BCUT2D eigenvalue weighted by atomic mass is 9.55. The van der Waals surface area contributed by atoms with Crippen LogP contribution in [0.15, 0.2) is 84.1 Å². The van der Waals surface area contributed by atoms with E-state index in [-0.39, 0.29) is 57.3 Å². The van der Waals surface area contributed by atoms with Crippen molar-refractivity contribution < 1.29 is 57.8 Å². The largest absolute Gasteiger partial charge is 0.496 e. The molecule has 6 atom stereocenters. The predicted octanol–water partition coefficient (Wildman–Crippen LogP) is 7.95. The Morgan fingerprint density at radius 2 is 1.72 bits per heavy atom. The number of hydrogen-bond donors (Lipinski definition) is 2. The van der Waals surface area contributed by atoms with Crippen LogP contribution in [0.25, 0.3) is 0 Å². The zero-order valence-corrected chi connectivity index (χ0v) is 35.1. The maximum Gasteiger partial charge on any atom is 0.410 e. The molecule has 326 valence electrons. The smallest absolute Gasteiger partial charge is 0.410 e. The molecule has 0 radical (unpaired) electrons. The highest BCUT2D eigenvalue weighted by Crippen LogP contribution is 2.62. The van der Waals surface area contributed by atoms with Crippen LogP contribution in [0.4, 0.5) is 4.79 Å². The number of benzene rings is 3. The van der Waals surface area contributed by atoms with Gasteiger partial charge < -0.3 is 48.2 Å². The van der Waals surface area contributed by atoms with Gasteiger partial charge in [-0.05, 0) is 104 Å². The topological polar surface area (TPSA) is 164 Å². The van der Waals surface area contributed by atoms with Crippen molar-refractivity contribution in [3.05, 3.63) is 95.6 Å². The van der Waals surface area contributed by atoms with Gasteiger partial charge in [-0.15, -0.1) is 6.58 Å². The number of fused-ring (bicyclic) bond motifs is 3.